The quantitative estimate of drug-likeness (QED) is 0.487. The highest BCUT2D eigenvalue weighted by atomic mass is 19.4. The van der Waals surface area contributed by atoms with Crippen LogP contribution in [-0.2, 0) is 6.18 Å². The molecule has 0 aliphatic rings. The molecule has 0 saturated carbocycles. The highest BCUT2D eigenvalue weighted by molar-refractivity contribution is 6.07. The number of aromatic nitrogens is 1. The number of para-hydroxylation sites is 1. The zero-order valence-electron chi connectivity index (χ0n) is 17.0. The largest absolute Gasteiger partial charge is 0.416 e. The van der Waals surface area contributed by atoms with E-state index in [2.05, 4.69) is 20.9 Å². The number of rotatable bonds is 5. The smallest absolute Gasteiger partial charge is 0.355 e. The average Bonchev–Trinajstić information content (AvgIpc) is 2.74. The van der Waals surface area contributed by atoms with Crippen molar-refractivity contribution >= 4 is 29.0 Å². The topological polar surface area (TPSA) is 83.1 Å². The summed E-state index contributed by atoms with van der Waals surface area (Å²) in [6.07, 6.45) is -3.55. The van der Waals surface area contributed by atoms with Gasteiger partial charge in [-0.05, 0) is 42.8 Å². The Bertz CT molecular complexity index is 1180. The molecule has 0 unspecified atom stereocenters. The van der Waals surface area contributed by atoms with E-state index < -0.39 is 34.9 Å². The molecule has 166 valence electrons. The molecule has 6 nitrogen and oxygen atoms in total. The number of amides is 2. The molecule has 10 heteroatoms. The van der Waals surface area contributed by atoms with Crippen molar-refractivity contribution in [2.75, 3.05) is 17.7 Å². The van der Waals surface area contributed by atoms with Crippen LogP contribution in [0.1, 0.15) is 31.8 Å². The van der Waals surface area contributed by atoms with E-state index in [1.165, 1.54) is 19.3 Å². The number of pyridine rings is 1. The predicted octanol–water partition coefficient (Wildman–Crippen LogP) is 4.90. The van der Waals surface area contributed by atoms with Crippen LogP contribution in [0.5, 0.6) is 0 Å². The zero-order chi connectivity index (χ0) is 23.5. The number of carbonyl (C=O) groups is 2. The SMILES string of the molecule is CNC(=O)c1cnc(Nc2ccccc2C)c(NC(=O)c2cc(F)cc(C(F)(F)F)c2)c1. The predicted molar refractivity (Wildman–Crippen MR) is 111 cm³/mol. The lowest BCUT2D eigenvalue weighted by Gasteiger charge is -2.15. The summed E-state index contributed by atoms with van der Waals surface area (Å²) in [6, 6.07) is 10.1. The fraction of sp³-hybridized carbons (Fsp3) is 0.136. The molecule has 1 heterocycles. The molecule has 0 bridgehead atoms. The Hall–Kier alpha value is -3.95. The van der Waals surface area contributed by atoms with Gasteiger partial charge in [0.2, 0.25) is 0 Å². The first-order valence-corrected chi connectivity index (χ1v) is 9.32. The van der Waals surface area contributed by atoms with Crippen molar-refractivity contribution in [3.05, 3.63) is 82.8 Å². The van der Waals surface area contributed by atoms with Gasteiger partial charge in [0, 0.05) is 24.5 Å². The van der Waals surface area contributed by atoms with Gasteiger partial charge in [0.05, 0.1) is 16.8 Å². The molecule has 2 amide bonds. The molecule has 0 spiro atoms. The highest BCUT2D eigenvalue weighted by Crippen LogP contribution is 2.31. The van der Waals surface area contributed by atoms with Crippen molar-refractivity contribution in [2.45, 2.75) is 13.1 Å². The van der Waals surface area contributed by atoms with Gasteiger partial charge in [-0.3, -0.25) is 9.59 Å². The standard InChI is InChI=1S/C22H18F4N4O2/c1-12-5-3-4-6-17(12)29-19-18(9-14(11-28-19)20(31)27-2)30-21(32)13-7-15(22(24,25)26)10-16(23)8-13/h3-11H,1-2H3,(H,27,31)(H,28,29)(H,30,32). The van der Waals surface area contributed by atoms with Crippen LogP contribution in [0.3, 0.4) is 0 Å². The Labute approximate surface area is 180 Å². The molecule has 0 aliphatic heterocycles. The maximum atomic E-state index is 13.7. The van der Waals surface area contributed by atoms with Gasteiger partial charge < -0.3 is 16.0 Å². The second kappa shape index (κ2) is 9.04. The molecular formula is C22H18F4N4O2. The Morgan fingerprint density at radius 3 is 2.31 bits per heavy atom. The van der Waals surface area contributed by atoms with E-state index >= 15 is 0 Å². The molecule has 32 heavy (non-hydrogen) atoms. The van der Waals surface area contributed by atoms with Crippen LogP contribution < -0.4 is 16.0 Å². The monoisotopic (exact) mass is 446 g/mol. The van der Waals surface area contributed by atoms with Crippen LogP contribution in [0.25, 0.3) is 0 Å². The van der Waals surface area contributed by atoms with Gasteiger partial charge in [-0.1, -0.05) is 18.2 Å². The lowest BCUT2D eigenvalue weighted by molar-refractivity contribution is -0.137. The van der Waals surface area contributed by atoms with Gasteiger partial charge in [0.1, 0.15) is 5.82 Å². The van der Waals surface area contributed by atoms with Crippen LogP contribution >= 0.6 is 0 Å². The summed E-state index contributed by atoms with van der Waals surface area (Å²) >= 11 is 0. The Morgan fingerprint density at radius 2 is 1.66 bits per heavy atom. The van der Waals surface area contributed by atoms with Gasteiger partial charge in [-0.2, -0.15) is 13.2 Å². The van der Waals surface area contributed by atoms with Crippen molar-refractivity contribution in [3.8, 4) is 0 Å². The molecule has 0 atom stereocenters. The minimum absolute atomic E-state index is 0.0252. The normalized spacial score (nSPS) is 11.1. The summed E-state index contributed by atoms with van der Waals surface area (Å²) in [7, 11) is 1.41. The number of benzene rings is 2. The molecule has 3 N–H and O–H groups in total. The van der Waals surface area contributed by atoms with Gasteiger partial charge in [0.15, 0.2) is 5.82 Å². The minimum atomic E-state index is -4.82. The first-order valence-electron chi connectivity index (χ1n) is 9.32. The van der Waals surface area contributed by atoms with Crippen molar-refractivity contribution in [1.29, 1.82) is 0 Å². The number of alkyl halides is 3. The first-order chi connectivity index (χ1) is 15.1. The highest BCUT2D eigenvalue weighted by Gasteiger charge is 2.32. The maximum absolute atomic E-state index is 13.7. The number of anilines is 3. The minimum Gasteiger partial charge on any atom is -0.355 e. The van der Waals surface area contributed by atoms with Crippen molar-refractivity contribution < 1.29 is 27.2 Å². The summed E-state index contributed by atoms with van der Waals surface area (Å²) in [4.78, 5) is 28.8. The van der Waals surface area contributed by atoms with Crippen molar-refractivity contribution in [1.82, 2.24) is 10.3 Å². The fourth-order valence-corrected chi connectivity index (χ4v) is 2.85. The molecule has 3 aromatic rings. The second-order valence-electron chi connectivity index (χ2n) is 6.82. The molecule has 2 aromatic carbocycles. The summed E-state index contributed by atoms with van der Waals surface area (Å²) in [6.45, 7) is 1.84. The number of nitrogens with zero attached hydrogens (tertiary/aromatic N) is 1. The van der Waals surface area contributed by atoms with E-state index in [9.17, 15) is 27.2 Å². The molecule has 0 fully saturated rings. The maximum Gasteiger partial charge on any atom is 0.416 e. The van der Waals surface area contributed by atoms with Gasteiger partial charge >= 0.3 is 6.18 Å². The van der Waals surface area contributed by atoms with Crippen LogP contribution in [0.2, 0.25) is 0 Å². The molecule has 0 saturated heterocycles. The summed E-state index contributed by atoms with van der Waals surface area (Å²) in [5.74, 6) is -2.55. The number of carbonyl (C=O) groups excluding carboxylic acids is 2. The molecule has 1 aromatic heterocycles. The van der Waals surface area contributed by atoms with E-state index in [0.717, 1.165) is 5.56 Å². The van der Waals surface area contributed by atoms with Gasteiger partial charge in [0.25, 0.3) is 11.8 Å². The van der Waals surface area contributed by atoms with Crippen molar-refractivity contribution in [2.24, 2.45) is 0 Å². The zero-order valence-corrected chi connectivity index (χ0v) is 17.0. The number of hydrogen-bond acceptors (Lipinski definition) is 4. The molecule has 0 radical (unpaired) electrons. The fourth-order valence-electron chi connectivity index (χ4n) is 2.85. The number of aryl methyl sites for hydroxylation is 1. The second-order valence-corrected chi connectivity index (χ2v) is 6.82. The summed E-state index contributed by atoms with van der Waals surface area (Å²) in [5.41, 5.74) is -0.177. The summed E-state index contributed by atoms with van der Waals surface area (Å²) in [5, 5.41) is 7.85. The first kappa shape index (κ1) is 22.7. The lowest BCUT2D eigenvalue weighted by atomic mass is 10.1. The van der Waals surface area contributed by atoms with E-state index in [0.29, 0.717) is 23.9 Å². The van der Waals surface area contributed by atoms with Crippen LogP contribution in [0.4, 0.5) is 34.8 Å². The number of nitrogens with one attached hydrogen (secondary N) is 3. The summed E-state index contributed by atoms with van der Waals surface area (Å²) < 4.78 is 52.7. The molecular weight excluding hydrogens is 428 g/mol. The van der Waals surface area contributed by atoms with E-state index in [-0.39, 0.29) is 17.1 Å². The van der Waals surface area contributed by atoms with Crippen LogP contribution in [0, 0.1) is 12.7 Å². The van der Waals surface area contributed by atoms with Gasteiger partial charge in [-0.15, -0.1) is 0 Å². The molecule has 3 rings (SSSR count). The lowest BCUT2D eigenvalue weighted by Crippen LogP contribution is -2.20. The van der Waals surface area contributed by atoms with E-state index in [1.807, 2.05) is 19.1 Å². The van der Waals surface area contributed by atoms with Gasteiger partial charge in [-0.25, -0.2) is 9.37 Å². The average molecular weight is 446 g/mol. The molecule has 0 aliphatic carbocycles. The van der Waals surface area contributed by atoms with Crippen LogP contribution in [-0.4, -0.2) is 23.8 Å². The Kier molecular flexibility index (Phi) is 6.42. The van der Waals surface area contributed by atoms with E-state index in [4.69, 9.17) is 0 Å². The Balaban J connectivity index is 2.00. The van der Waals surface area contributed by atoms with Crippen molar-refractivity contribution in [3.63, 3.8) is 0 Å². The third-order valence-electron chi connectivity index (χ3n) is 4.51. The Morgan fingerprint density at radius 1 is 0.938 bits per heavy atom. The van der Waals surface area contributed by atoms with E-state index in [1.54, 1.807) is 12.1 Å². The number of halogens is 4. The van der Waals surface area contributed by atoms with Crippen LogP contribution in [0.15, 0.2) is 54.7 Å². The number of hydrogen-bond donors (Lipinski definition) is 3. The third kappa shape index (κ3) is 5.20. The third-order valence-corrected chi connectivity index (χ3v) is 4.51.